The van der Waals surface area contributed by atoms with E-state index in [1.807, 2.05) is 72.8 Å². The zero-order chi connectivity index (χ0) is 25.2. The first-order chi connectivity index (χ1) is 17.6. The number of amides is 2. The van der Waals surface area contributed by atoms with Crippen LogP contribution in [0.4, 0.5) is 4.39 Å². The van der Waals surface area contributed by atoms with Crippen LogP contribution in [0.1, 0.15) is 22.3 Å². The molecule has 0 spiro atoms. The fraction of sp³-hybridized carbons (Fsp3) is 0.167. The van der Waals surface area contributed by atoms with E-state index in [0.717, 1.165) is 22.3 Å². The fourth-order valence-electron chi connectivity index (χ4n) is 4.02. The molecule has 2 amide bonds. The summed E-state index contributed by atoms with van der Waals surface area (Å²) in [6.45, 7) is 0.510. The lowest BCUT2D eigenvalue weighted by Crippen LogP contribution is -2.50. The largest absolute Gasteiger partial charge is 0.350 e. The minimum atomic E-state index is -0.754. The van der Waals surface area contributed by atoms with Gasteiger partial charge in [-0.25, -0.2) is 4.39 Å². The average molecular weight is 482 g/mol. The molecule has 5 nitrogen and oxygen atoms in total. The van der Waals surface area contributed by atoms with Crippen molar-refractivity contribution < 1.29 is 14.0 Å². The lowest BCUT2D eigenvalue weighted by Gasteiger charge is -2.31. The molecule has 6 heteroatoms. The first kappa shape index (κ1) is 24.8. The number of nitrogens with zero attached hydrogens (tertiary/aromatic N) is 2. The first-order valence-electron chi connectivity index (χ1n) is 11.9. The van der Waals surface area contributed by atoms with E-state index in [0.29, 0.717) is 13.0 Å². The van der Waals surface area contributed by atoms with Crippen LogP contribution in [0.5, 0.6) is 0 Å². The SMILES string of the molecule is O=C(NCc1ccncc1)[C@H](Cc1ccccc1)N(Cc1ccc(F)cc1)C(=O)Cc1ccccc1. The molecule has 0 aliphatic carbocycles. The minimum absolute atomic E-state index is 0.158. The molecule has 4 rings (SSSR count). The normalized spacial score (nSPS) is 11.5. The predicted molar refractivity (Wildman–Crippen MR) is 137 cm³/mol. The van der Waals surface area contributed by atoms with Crippen LogP contribution in [0, 0.1) is 5.82 Å². The summed E-state index contributed by atoms with van der Waals surface area (Å²) in [5.41, 5.74) is 3.47. The van der Waals surface area contributed by atoms with Crippen LogP contribution in [-0.2, 0) is 35.5 Å². The Kier molecular flexibility index (Phi) is 8.54. The lowest BCUT2D eigenvalue weighted by molar-refractivity contribution is -0.140. The number of hydrogen-bond donors (Lipinski definition) is 1. The molecule has 1 N–H and O–H groups in total. The average Bonchev–Trinajstić information content (AvgIpc) is 2.92. The molecule has 1 aromatic heterocycles. The molecule has 0 radical (unpaired) electrons. The van der Waals surface area contributed by atoms with Crippen molar-refractivity contribution in [1.82, 2.24) is 15.2 Å². The number of carbonyl (C=O) groups excluding carboxylic acids is 2. The van der Waals surface area contributed by atoms with Gasteiger partial charge in [0.25, 0.3) is 0 Å². The van der Waals surface area contributed by atoms with Gasteiger partial charge in [-0.2, -0.15) is 0 Å². The highest BCUT2D eigenvalue weighted by Crippen LogP contribution is 2.17. The second-order valence-electron chi connectivity index (χ2n) is 8.59. The van der Waals surface area contributed by atoms with E-state index in [9.17, 15) is 14.0 Å². The molecule has 0 bridgehead atoms. The van der Waals surface area contributed by atoms with Gasteiger partial charge in [0.1, 0.15) is 11.9 Å². The smallest absolute Gasteiger partial charge is 0.243 e. The Balaban J connectivity index is 1.63. The molecule has 0 saturated carbocycles. The molecule has 0 aliphatic heterocycles. The van der Waals surface area contributed by atoms with Crippen LogP contribution in [-0.4, -0.2) is 27.7 Å². The number of rotatable bonds is 10. The minimum Gasteiger partial charge on any atom is -0.350 e. The van der Waals surface area contributed by atoms with E-state index in [1.54, 1.807) is 29.4 Å². The van der Waals surface area contributed by atoms with Gasteiger partial charge in [0.2, 0.25) is 11.8 Å². The van der Waals surface area contributed by atoms with Crippen LogP contribution >= 0.6 is 0 Å². The second-order valence-corrected chi connectivity index (χ2v) is 8.59. The fourth-order valence-corrected chi connectivity index (χ4v) is 4.02. The Morgan fingerprint density at radius 3 is 2.00 bits per heavy atom. The van der Waals surface area contributed by atoms with Gasteiger partial charge in [-0.05, 0) is 46.5 Å². The van der Waals surface area contributed by atoms with Crippen LogP contribution in [0.2, 0.25) is 0 Å². The van der Waals surface area contributed by atoms with Crippen molar-refractivity contribution in [2.45, 2.75) is 32.0 Å². The summed E-state index contributed by atoms with van der Waals surface area (Å²) in [7, 11) is 0. The maximum absolute atomic E-state index is 13.7. The third kappa shape index (κ3) is 7.09. The molecule has 182 valence electrons. The molecule has 0 fully saturated rings. The van der Waals surface area contributed by atoms with E-state index in [4.69, 9.17) is 0 Å². The maximum atomic E-state index is 13.7. The van der Waals surface area contributed by atoms with Crippen molar-refractivity contribution in [3.8, 4) is 0 Å². The summed E-state index contributed by atoms with van der Waals surface area (Å²) in [6.07, 6.45) is 3.86. The monoisotopic (exact) mass is 481 g/mol. The standard InChI is InChI=1S/C30H28FN3O2/c31-27-13-11-26(12-14-27)22-34(29(35)20-24-9-5-2-6-10-24)28(19-23-7-3-1-4-8-23)30(36)33-21-25-15-17-32-18-16-25/h1-18,28H,19-22H2,(H,33,36)/t28-/m0/s1. The quantitative estimate of drug-likeness (QED) is 0.357. The van der Waals surface area contributed by atoms with Crippen molar-refractivity contribution in [2.24, 2.45) is 0 Å². The maximum Gasteiger partial charge on any atom is 0.243 e. The third-order valence-electron chi connectivity index (χ3n) is 5.95. The number of benzene rings is 3. The van der Waals surface area contributed by atoms with E-state index >= 15 is 0 Å². The highest BCUT2D eigenvalue weighted by atomic mass is 19.1. The summed E-state index contributed by atoms with van der Waals surface area (Å²) in [4.78, 5) is 32.9. The summed E-state index contributed by atoms with van der Waals surface area (Å²) in [6, 6.07) is 28.0. The zero-order valence-corrected chi connectivity index (χ0v) is 19.9. The number of nitrogens with one attached hydrogen (secondary N) is 1. The Labute approximate surface area is 210 Å². The van der Waals surface area contributed by atoms with Crippen LogP contribution < -0.4 is 5.32 Å². The van der Waals surface area contributed by atoms with Gasteiger partial charge in [0, 0.05) is 31.9 Å². The van der Waals surface area contributed by atoms with E-state index in [2.05, 4.69) is 10.3 Å². The topological polar surface area (TPSA) is 62.3 Å². The number of hydrogen-bond acceptors (Lipinski definition) is 3. The van der Waals surface area contributed by atoms with Crippen molar-refractivity contribution in [1.29, 1.82) is 0 Å². The molecule has 0 unspecified atom stereocenters. The van der Waals surface area contributed by atoms with Crippen LogP contribution in [0.25, 0.3) is 0 Å². The second kappa shape index (κ2) is 12.4. The van der Waals surface area contributed by atoms with Crippen molar-refractivity contribution in [2.75, 3.05) is 0 Å². The van der Waals surface area contributed by atoms with Gasteiger partial charge >= 0.3 is 0 Å². The molecule has 36 heavy (non-hydrogen) atoms. The molecule has 0 saturated heterocycles. The number of halogens is 1. The first-order valence-corrected chi connectivity index (χ1v) is 11.9. The Morgan fingerprint density at radius 2 is 1.36 bits per heavy atom. The molecule has 4 aromatic rings. The molecular formula is C30H28FN3O2. The number of pyridine rings is 1. The van der Waals surface area contributed by atoms with Gasteiger partial charge in [0.05, 0.1) is 6.42 Å². The van der Waals surface area contributed by atoms with Crippen LogP contribution in [0.15, 0.2) is 109 Å². The van der Waals surface area contributed by atoms with Crippen molar-refractivity contribution in [3.05, 3.63) is 138 Å². The van der Waals surface area contributed by atoms with Crippen molar-refractivity contribution >= 4 is 11.8 Å². The Morgan fingerprint density at radius 1 is 0.750 bits per heavy atom. The summed E-state index contributed by atoms with van der Waals surface area (Å²) in [5, 5.41) is 2.99. The predicted octanol–water partition coefficient (Wildman–Crippen LogP) is 4.72. The zero-order valence-electron chi connectivity index (χ0n) is 19.9. The van der Waals surface area contributed by atoms with Gasteiger partial charge in [0.15, 0.2) is 0 Å². The summed E-state index contributed by atoms with van der Waals surface area (Å²) in [5.74, 6) is -0.776. The Hall–Kier alpha value is -4.32. The molecule has 0 aliphatic rings. The van der Waals surface area contributed by atoms with Gasteiger partial charge in [-0.3, -0.25) is 14.6 Å². The lowest BCUT2D eigenvalue weighted by atomic mass is 10.0. The van der Waals surface area contributed by atoms with Gasteiger partial charge < -0.3 is 10.2 Å². The molecule has 1 atom stereocenters. The van der Waals surface area contributed by atoms with E-state index in [1.165, 1.54) is 12.1 Å². The van der Waals surface area contributed by atoms with Gasteiger partial charge in [-0.1, -0.05) is 72.8 Å². The van der Waals surface area contributed by atoms with E-state index < -0.39 is 6.04 Å². The third-order valence-corrected chi connectivity index (χ3v) is 5.95. The highest BCUT2D eigenvalue weighted by molar-refractivity contribution is 5.88. The van der Waals surface area contributed by atoms with E-state index in [-0.39, 0.29) is 30.6 Å². The summed E-state index contributed by atoms with van der Waals surface area (Å²) >= 11 is 0. The summed E-state index contributed by atoms with van der Waals surface area (Å²) < 4.78 is 13.6. The highest BCUT2D eigenvalue weighted by Gasteiger charge is 2.30. The van der Waals surface area contributed by atoms with Gasteiger partial charge in [-0.15, -0.1) is 0 Å². The van der Waals surface area contributed by atoms with Crippen LogP contribution in [0.3, 0.4) is 0 Å². The molecule has 3 aromatic carbocycles. The molecular weight excluding hydrogens is 453 g/mol. The number of carbonyl (C=O) groups is 2. The number of aromatic nitrogens is 1. The van der Waals surface area contributed by atoms with Crippen molar-refractivity contribution in [3.63, 3.8) is 0 Å². The molecule has 1 heterocycles. The Bertz CT molecular complexity index is 1250.